The first-order valence-electron chi connectivity index (χ1n) is 11.0. The molecule has 0 aromatic heterocycles. The smallest absolute Gasteiger partial charge is 0.411 e. The lowest BCUT2D eigenvalue weighted by Crippen LogP contribution is -2.27. The number of aliphatic carboxylic acids is 1. The summed E-state index contributed by atoms with van der Waals surface area (Å²) in [5, 5.41) is 9.24. The van der Waals surface area contributed by atoms with Crippen molar-refractivity contribution in [1.29, 1.82) is 0 Å². The Bertz CT molecular complexity index is 1250. The number of ether oxygens (including phenoxy) is 2. The predicted molar refractivity (Wildman–Crippen MR) is 123 cm³/mol. The summed E-state index contributed by atoms with van der Waals surface area (Å²) < 4.78 is 11.3. The van der Waals surface area contributed by atoms with Crippen molar-refractivity contribution in [3.63, 3.8) is 0 Å². The Morgan fingerprint density at radius 1 is 1.12 bits per heavy atom. The van der Waals surface area contributed by atoms with Gasteiger partial charge >= 0.3 is 12.1 Å². The molecular weight excluding hydrogens is 418 g/mol. The molecule has 5 rings (SSSR count). The highest BCUT2D eigenvalue weighted by Crippen LogP contribution is 2.44. The Balaban J connectivity index is 1.56. The molecular formula is C27H25NO5. The van der Waals surface area contributed by atoms with Gasteiger partial charge in [-0.15, -0.1) is 0 Å². The zero-order valence-electron chi connectivity index (χ0n) is 18.6. The van der Waals surface area contributed by atoms with E-state index in [1.165, 1.54) is 5.56 Å². The number of methoxy groups -OCH3 is 1. The first-order chi connectivity index (χ1) is 15.9. The van der Waals surface area contributed by atoms with E-state index in [1.807, 2.05) is 42.2 Å². The molecule has 1 heterocycles. The van der Waals surface area contributed by atoms with Gasteiger partial charge in [0.05, 0.1) is 26.1 Å². The number of carboxylic acids is 1. The van der Waals surface area contributed by atoms with Gasteiger partial charge in [0.1, 0.15) is 11.9 Å². The Kier molecular flexibility index (Phi) is 5.29. The molecule has 168 valence electrons. The Labute approximate surface area is 192 Å². The van der Waals surface area contributed by atoms with Crippen LogP contribution in [0.1, 0.15) is 33.9 Å². The average molecular weight is 443 g/mol. The third kappa shape index (κ3) is 3.82. The number of carbonyl (C=O) groups excluding carboxylic acids is 1. The minimum Gasteiger partial charge on any atom is -0.496 e. The van der Waals surface area contributed by atoms with Crippen LogP contribution in [0.15, 0.2) is 60.7 Å². The maximum Gasteiger partial charge on any atom is 0.411 e. The Hall–Kier alpha value is -3.80. The summed E-state index contributed by atoms with van der Waals surface area (Å²) in [4.78, 5) is 25.9. The molecule has 2 atom stereocenters. The Morgan fingerprint density at radius 3 is 2.73 bits per heavy atom. The molecule has 6 heteroatoms. The van der Waals surface area contributed by atoms with E-state index in [0.29, 0.717) is 17.9 Å². The highest BCUT2D eigenvalue weighted by Gasteiger charge is 2.47. The molecule has 1 aliphatic heterocycles. The maximum absolute atomic E-state index is 12.8. The molecule has 0 radical (unpaired) electrons. The van der Waals surface area contributed by atoms with Gasteiger partial charge in [-0.2, -0.15) is 0 Å². The van der Waals surface area contributed by atoms with E-state index in [9.17, 15) is 14.7 Å². The van der Waals surface area contributed by atoms with Crippen LogP contribution in [0.2, 0.25) is 0 Å². The van der Waals surface area contributed by atoms with Crippen LogP contribution in [-0.4, -0.2) is 35.3 Å². The summed E-state index contributed by atoms with van der Waals surface area (Å²) in [7, 11) is 1.60. The van der Waals surface area contributed by atoms with Gasteiger partial charge in [-0.25, -0.2) is 4.79 Å². The molecule has 1 N–H and O–H groups in total. The van der Waals surface area contributed by atoms with Crippen LogP contribution in [0.4, 0.5) is 4.79 Å². The summed E-state index contributed by atoms with van der Waals surface area (Å²) in [6.07, 6.45) is 0.182. The van der Waals surface area contributed by atoms with Crippen molar-refractivity contribution in [3.8, 4) is 16.9 Å². The molecule has 1 amide bonds. The maximum atomic E-state index is 12.8. The number of rotatable bonds is 6. The highest BCUT2D eigenvalue weighted by molar-refractivity contribution is 5.78. The third-order valence-corrected chi connectivity index (χ3v) is 6.48. The van der Waals surface area contributed by atoms with Gasteiger partial charge in [-0.1, -0.05) is 54.1 Å². The lowest BCUT2D eigenvalue weighted by atomic mass is 9.94. The number of nitrogens with zero attached hydrogens (tertiary/aromatic N) is 1. The highest BCUT2D eigenvalue weighted by atomic mass is 16.6. The predicted octanol–water partition coefficient (Wildman–Crippen LogP) is 4.92. The molecule has 0 saturated carbocycles. The number of hydrogen-bond acceptors (Lipinski definition) is 4. The second-order valence-corrected chi connectivity index (χ2v) is 8.66. The van der Waals surface area contributed by atoms with Crippen molar-refractivity contribution < 1.29 is 24.2 Å². The van der Waals surface area contributed by atoms with Crippen LogP contribution in [-0.2, 0) is 28.9 Å². The van der Waals surface area contributed by atoms with E-state index in [0.717, 1.165) is 34.2 Å². The fraction of sp³-hybridized carbons (Fsp3) is 0.259. The largest absolute Gasteiger partial charge is 0.496 e. The van der Waals surface area contributed by atoms with Crippen LogP contribution in [0, 0.1) is 6.92 Å². The number of carboxylic acid groups (broad SMARTS) is 1. The number of carbonyl (C=O) groups is 2. The summed E-state index contributed by atoms with van der Waals surface area (Å²) in [6, 6.07) is 19.6. The van der Waals surface area contributed by atoms with Crippen molar-refractivity contribution in [2.24, 2.45) is 0 Å². The van der Waals surface area contributed by atoms with E-state index >= 15 is 0 Å². The summed E-state index contributed by atoms with van der Waals surface area (Å²) >= 11 is 0. The molecule has 6 nitrogen and oxygen atoms in total. The molecule has 3 aromatic rings. The van der Waals surface area contributed by atoms with Crippen molar-refractivity contribution in [2.45, 2.75) is 38.5 Å². The zero-order valence-corrected chi connectivity index (χ0v) is 18.6. The molecule has 3 aromatic carbocycles. The quantitative estimate of drug-likeness (QED) is 0.586. The third-order valence-electron chi connectivity index (χ3n) is 6.48. The van der Waals surface area contributed by atoms with Crippen LogP contribution >= 0.6 is 0 Å². The minimum absolute atomic E-state index is 0.0722. The minimum atomic E-state index is -0.888. The van der Waals surface area contributed by atoms with Crippen LogP contribution in [0.3, 0.4) is 0 Å². The number of fused-ring (bicyclic) bond motifs is 3. The van der Waals surface area contributed by atoms with Gasteiger partial charge in [0, 0.05) is 12.0 Å². The van der Waals surface area contributed by atoms with Crippen molar-refractivity contribution in [2.75, 3.05) is 7.11 Å². The van der Waals surface area contributed by atoms with Crippen molar-refractivity contribution in [1.82, 2.24) is 4.90 Å². The first kappa shape index (κ1) is 21.1. The van der Waals surface area contributed by atoms with E-state index in [1.54, 1.807) is 19.2 Å². The fourth-order valence-electron chi connectivity index (χ4n) is 5.04. The average Bonchev–Trinajstić information content (AvgIpc) is 3.29. The van der Waals surface area contributed by atoms with Crippen LogP contribution in [0.25, 0.3) is 11.1 Å². The standard InChI is InChI=1S/C27H25NO5/c1-16-7-9-20(22-12-17(13-25(29)30)8-10-23(22)32-2)19(11-16)15-28-26-21-6-4-3-5-18(21)14-24(26)33-27(28)31/h3-12,24,26H,13-15H2,1-2H3,(H,29,30)/t24-,26+/m1/s1. The lowest BCUT2D eigenvalue weighted by Gasteiger charge is -2.24. The van der Waals surface area contributed by atoms with Crippen LogP contribution < -0.4 is 4.74 Å². The lowest BCUT2D eigenvalue weighted by molar-refractivity contribution is -0.136. The number of benzene rings is 3. The SMILES string of the molecule is COc1ccc(CC(=O)O)cc1-c1ccc(C)cc1CN1C(=O)O[C@@H]2Cc3ccccc3[C@@H]21. The summed E-state index contributed by atoms with van der Waals surface area (Å²) in [6.45, 7) is 2.40. The number of hydrogen-bond donors (Lipinski definition) is 1. The van der Waals surface area contributed by atoms with E-state index < -0.39 is 5.97 Å². The summed E-state index contributed by atoms with van der Waals surface area (Å²) in [5.41, 5.74) is 6.80. The van der Waals surface area contributed by atoms with Gasteiger partial charge in [-0.3, -0.25) is 9.69 Å². The second-order valence-electron chi connectivity index (χ2n) is 8.66. The van der Waals surface area contributed by atoms with Gasteiger partial charge in [0.15, 0.2) is 0 Å². The van der Waals surface area contributed by atoms with Gasteiger partial charge < -0.3 is 14.6 Å². The zero-order chi connectivity index (χ0) is 23.1. The fourth-order valence-corrected chi connectivity index (χ4v) is 5.04. The molecule has 0 bridgehead atoms. The molecule has 1 saturated heterocycles. The molecule has 1 fully saturated rings. The first-order valence-corrected chi connectivity index (χ1v) is 11.0. The van der Waals surface area contributed by atoms with Gasteiger partial charge in [0.2, 0.25) is 0 Å². The second kappa shape index (κ2) is 8.28. The van der Waals surface area contributed by atoms with E-state index in [-0.39, 0.29) is 24.7 Å². The van der Waals surface area contributed by atoms with Crippen LogP contribution in [0.5, 0.6) is 5.75 Å². The molecule has 0 spiro atoms. The van der Waals surface area contributed by atoms with Gasteiger partial charge in [0.25, 0.3) is 0 Å². The summed E-state index contributed by atoms with van der Waals surface area (Å²) in [5.74, 6) is -0.233. The Morgan fingerprint density at radius 2 is 1.94 bits per heavy atom. The van der Waals surface area contributed by atoms with Crippen molar-refractivity contribution in [3.05, 3.63) is 88.5 Å². The van der Waals surface area contributed by atoms with E-state index in [2.05, 4.69) is 18.2 Å². The molecule has 1 aliphatic carbocycles. The topological polar surface area (TPSA) is 76.1 Å². The molecule has 33 heavy (non-hydrogen) atoms. The van der Waals surface area contributed by atoms with Gasteiger partial charge in [-0.05, 0) is 46.9 Å². The monoisotopic (exact) mass is 443 g/mol. The number of aryl methyl sites for hydroxylation is 1. The number of amides is 1. The van der Waals surface area contributed by atoms with Crippen molar-refractivity contribution >= 4 is 12.1 Å². The van der Waals surface area contributed by atoms with E-state index in [4.69, 9.17) is 9.47 Å². The molecule has 2 aliphatic rings. The molecule has 0 unspecified atom stereocenters. The normalized spacial score (nSPS) is 18.6.